The van der Waals surface area contributed by atoms with Crippen LogP contribution in [0.1, 0.15) is 18.0 Å². The summed E-state index contributed by atoms with van der Waals surface area (Å²) in [6.07, 6.45) is 1.17. The second-order valence-corrected chi connectivity index (χ2v) is 7.65. The molecule has 5 heteroatoms. The predicted octanol–water partition coefficient (Wildman–Crippen LogP) is 2.15. The summed E-state index contributed by atoms with van der Waals surface area (Å²) in [5.41, 5.74) is 8.58. The molecule has 1 aromatic carbocycles. The van der Waals surface area contributed by atoms with E-state index in [4.69, 9.17) is 5.73 Å². The number of likely N-dealkylation sites (tertiary alicyclic amines) is 1. The Bertz CT molecular complexity index is 513. The quantitative estimate of drug-likeness (QED) is 0.888. The molecule has 2 aliphatic rings. The zero-order valence-corrected chi connectivity index (χ0v) is 15.2. The lowest BCUT2D eigenvalue weighted by molar-refractivity contribution is 0.311. The highest BCUT2D eigenvalue weighted by Crippen LogP contribution is 2.37. The Hall–Kier alpha value is -0.620. The van der Waals surface area contributed by atoms with Gasteiger partial charge in [0.1, 0.15) is 0 Å². The van der Waals surface area contributed by atoms with Crippen molar-refractivity contribution in [2.24, 2.45) is 11.7 Å². The van der Waals surface area contributed by atoms with E-state index in [-0.39, 0.29) is 0 Å². The van der Waals surface area contributed by atoms with Gasteiger partial charge in [-0.05, 0) is 66.6 Å². The Morgan fingerprint density at radius 3 is 2.50 bits per heavy atom. The number of anilines is 1. The maximum absolute atomic E-state index is 5.85. The van der Waals surface area contributed by atoms with Gasteiger partial charge in [0.15, 0.2) is 0 Å². The van der Waals surface area contributed by atoms with Crippen LogP contribution in [0, 0.1) is 5.92 Å². The minimum Gasteiger partial charge on any atom is -0.368 e. The van der Waals surface area contributed by atoms with Gasteiger partial charge in [-0.2, -0.15) is 0 Å². The van der Waals surface area contributed by atoms with Crippen LogP contribution in [0.15, 0.2) is 22.7 Å². The second-order valence-electron chi connectivity index (χ2n) is 6.79. The van der Waals surface area contributed by atoms with Gasteiger partial charge in [-0.15, -0.1) is 0 Å². The Labute approximate surface area is 142 Å². The molecule has 2 fully saturated rings. The van der Waals surface area contributed by atoms with Crippen molar-refractivity contribution in [3.63, 3.8) is 0 Å². The van der Waals surface area contributed by atoms with Crippen molar-refractivity contribution in [3.05, 3.63) is 28.2 Å². The lowest BCUT2D eigenvalue weighted by atomic mass is 9.99. The van der Waals surface area contributed by atoms with Gasteiger partial charge in [-0.3, -0.25) is 4.90 Å². The molecule has 0 spiro atoms. The molecule has 0 aromatic heterocycles. The summed E-state index contributed by atoms with van der Waals surface area (Å²) in [6, 6.07) is 7.41. The molecule has 3 rings (SSSR count). The predicted molar refractivity (Wildman–Crippen MR) is 96.4 cm³/mol. The molecule has 1 aromatic rings. The summed E-state index contributed by atoms with van der Waals surface area (Å²) in [7, 11) is 4.40. The van der Waals surface area contributed by atoms with E-state index in [0.717, 1.165) is 39.3 Å². The van der Waals surface area contributed by atoms with Crippen molar-refractivity contribution in [2.75, 3.05) is 58.3 Å². The smallest absolute Gasteiger partial charge is 0.0511 e. The third kappa shape index (κ3) is 3.32. The number of nitrogens with two attached hydrogens (primary N) is 1. The lowest BCUT2D eigenvalue weighted by Crippen LogP contribution is -2.44. The highest BCUT2D eigenvalue weighted by Gasteiger charge is 2.30. The molecule has 0 amide bonds. The van der Waals surface area contributed by atoms with Crippen LogP contribution in [-0.4, -0.2) is 63.2 Å². The van der Waals surface area contributed by atoms with Gasteiger partial charge in [0.25, 0.3) is 0 Å². The first-order valence-corrected chi connectivity index (χ1v) is 9.01. The number of rotatable bonds is 3. The van der Waals surface area contributed by atoms with Crippen LogP contribution in [0.4, 0.5) is 5.69 Å². The van der Waals surface area contributed by atoms with Crippen LogP contribution in [0.5, 0.6) is 0 Å². The maximum atomic E-state index is 5.85. The van der Waals surface area contributed by atoms with Crippen molar-refractivity contribution >= 4 is 21.6 Å². The zero-order valence-electron chi connectivity index (χ0n) is 13.6. The zero-order chi connectivity index (χ0) is 15.7. The van der Waals surface area contributed by atoms with Gasteiger partial charge in [0.05, 0.1) is 5.69 Å². The molecular formula is C17H27BrN4. The average Bonchev–Trinajstić information content (AvgIpc) is 2.89. The van der Waals surface area contributed by atoms with Crippen LogP contribution in [-0.2, 0) is 0 Å². The molecule has 0 saturated carbocycles. The molecule has 122 valence electrons. The number of nitrogens with zero attached hydrogens (tertiary/aromatic N) is 3. The number of hydrogen-bond acceptors (Lipinski definition) is 4. The summed E-state index contributed by atoms with van der Waals surface area (Å²) in [5.74, 6) is 0.631. The average molecular weight is 367 g/mol. The Kier molecular flexibility index (Phi) is 5.07. The minimum absolute atomic E-state index is 0.506. The van der Waals surface area contributed by atoms with E-state index in [2.05, 4.69) is 62.9 Å². The van der Waals surface area contributed by atoms with E-state index in [9.17, 15) is 0 Å². The summed E-state index contributed by atoms with van der Waals surface area (Å²) in [5, 5.41) is 0. The molecule has 2 N–H and O–H groups in total. The van der Waals surface area contributed by atoms with Gasteiger partial charge in [-0.1, -0.05) is 6.07 Å². The molecule has 4 nitrogen and oxygen atoms in total. The summed E-state index contributed by atoms with van der Waals surface area (Å²) < 4.78 is 1.22. The third-order valence-electron chi connectivity index (χ3n) is 5.17. The molecule has 22 heavy (non-hydrogen) atoms. The molecule has 2 heterocycles. The van der Waals surface area contributed by atoms with Crippen LogP contribution in [0.2, 0.25) is 0 Å². The van der Waals surface area contributed by atoms with Gasteiger partial charge in [0, 0.05) is 43.2 Å². The summed E-state index contributed by atoms with van der Waals surface area (Å²) in [6.45, 7) is 6.38. The van der Waals surface area contributed by atoms with Gasteiger partial charge >= 0.3 is 0 Å². The van der Waals surface area contributed by atoms with E-state index >= 15 is 0 Å². The molecular weight excluding hydrogens is 340 g/mol. The number of benzene rings is 1. The summed E-state index contributed by atoms with van der Waals surface area (Å²) >= 11 is 3.80. The summed E-state index contributed by atoms with van der Waals surface area (Å²) in [4.78, 5) is 7.31. The Morgan fingerprint density at radius 1 is 1.18 bits per heavy atom. The van der Waals surface area contributed by atoms with Crippen molar-refractivity contribution < 1.29 is 0 Å². The number of hydrogen-bond donors (Lipinski definition) is 1. The van der Waals surface area contributed by atoms with Gasteiger partial charge in [0.2, 0.25) is 0 Å². The number of likely N-dealkylation sites (N-methyl/N-ethyl adjacent to an activating group) is 1. The monoisotopic (exact) mass is 366 g/mol. The van der Waals surface area contributed by atoms with E-state index in [1.54, 1.807) is 0 Å². The molecule has 2 unspecified atom stereocenters. The van der Waals surface area contributed by atoms with Crippen molar-refractivity contribution in [2.45, 2.75) is 12.5 Å². The molecule has 2 aliphatic heterocycles. The van der Waals surface area contributed by atoms with E-state index in [0.29, 0.717) is 12.0 Å². The molecule has 0 radical (unpaired) electrons. The first kappa shape index (κ1) is 16.2. The fraction of sp³-hybridized carbons (Fsp3) is 0.647. The van der Waals surface area contributed by atoms with Crippen molar-refractivity contribution in [1.29, 1.82) is 0 Å². The Morgan fingerprint density at radius 2 is 1.91 bits per heavy atom. The SMILES string of the molecule is CN1CCN(c2ccc(C3CC(CN)CN3C)cc2Br)CC1. The minimum atomic E-state index is 0.506. The first-order valence-electron chi connectivity index (χ1n) is 8.21. The van der Waals surface area contributed by atoms with Gasteiger partial charge in [-0.25, -0.2) is 0 Å². The van der Waals surface area contributed by atoms with E-state index in [1.807, 2.05) is 0 Å². The normalized spacial score (nSPS) is 27.5. The lowest BCUT2D eigenvalue weighted by Gasteiger charge is -2.35. The molecule has 2 saturated heterocycles. The van der Waals surface area contributed by atoms with Crippen molar-refractivity contribution in [3.8, 4) is 0 Å². The van der Waals surface area contributed by atoms with Crippen LogP contribution < -0.4 is 10.6 Å². The topological polar surface area (TPSA) is 35.7 Å². The first-order chi connectivity index (χ1) is 10.6. The van der Waals surface area contributed by atoms with Crippen LogP contribution in [0.25, 0.3) is 0 Å². The Balaban J connectivity index is 1.75. The maximum Gasteiger partial charge on any atom is 0.0511 e. The van der Waals surface area contributed by atoms with E-state index in [1.165, 1.54) is 22.1 Å². The highest BCUT2D eigenvalue weighted by molar-refractivity contribution is 9.10. The second kappa shape index (κ2) is 6.87. The number of piperazine rings is 1. The standard InChI is InChI=1S/C17H27BrN4/c1-20-5-7-22(8-6-20)16-4-3-14(10-15(16)18)17-9-13(11-19)12-21(17)2/h3-4,10,13,17H,5-9,11-12,19H2,1-2H3. The van der Waals surface area contributed by atoms with Crippen LogP contribution >= 0.6 is 15.9 Å². The van der Waals surface area contributed by atoms with Crippen molar-refractivity contribution in [1.82, 2.24) is 9.80 Å². The highest BCUT2D eigenvalue weighted by atomic mass is 79.9. The fourth-order valence-electron chi connectivity index (χ4n) is 3.70. The number of halogens is 1. The molecule has 2 atom stereocenters. The molecule has 0 bridgehead atoms. The third-order valence-corrected chi connectivity index (χ3v) is 5.80. The largest absolute Gasteiger partial charge is 0.368 e. The fourth-order valence-corrected chi connectivity index (χ4v) is 4.35. The molecule has 0 aliphatic carbocycles. The van der Waals surface area contributed by atoms with E-state index < -0.39 is 0 Å². The van der Waals surface area contributed by atoms with Gasteiger partial charge < -0.3 is 15.5 Å². The van der Waals surface area contributed by atoms with Crippen LogP contribution in [0.3, 0.4) is 0 Å².